The van der Waals surface area contributed by atoms with E-state index in [9.17, 15) is 0 Å². The maximum atomic E-state index is 6.02. The van der Waals surface area contributed by atoms with Crippen molar-refractivity contribution in [2.75, 3.05) is 0 Å². The van der Waals surface area contributed by atoms with Crippen molar-refractivity contribution in [1.29, 1.82) is 0 Å². The van der Waals surface area contributed by atoms with Gasteiger partial charge >= 0.3 is 0 Å². The number of hydrogen-bond acceptors (Lipinski definition) is 1. The van der Waals surface area contributed by atoms with Gasteiger partial charge < -0.3 is 5.73 Å². The van der Waals surface area contributed by atoms with Crippen molar-refractivity contribution in [1.82, 2.24) is 0 Å². The molecule has 0 heterocycles. The van der Waals surface area contributed by atoms with Crippen LogP contribution < -0.4 is 5.73 Å². The molecular formula is C11H17Cl2N. The Kier molecular flexibility index (Phi) is 6.98. The molecule has 3 heteroatoms. The van der Waals surface area contributed by atoms with E-state index in [1.807, 2.05) is 24.3 Å². The molecule has 0 bridgehead atoms. The summed E-state index contributed by atoms with van der Waals surface area (Å²) in [5.41, 5.74) is 7.06. The number of nitrogens with two attached hydrogens (primary N) is 1. The van der Waals surface area contributed by atoms with Gasteiger partial charge in [0.1, 0.15) is 0 Å². The van der Waals surface area contributed by atoms with Crippen LogP contribution in [0, 0.1) is 0 Å². The van der Waals surface area contributed by atoms with Crippen molar-refractivity contribution < 1.29 is 0 Å². The van der Waals surface area contributed by atoms with E-state index in [1.54, 1.807) is 0 Å². The van der Waals surface area contributed by atoms with Crippen LogP contribution in [0.3, 0.4) is 0 Å². The molecule has 1 rings (SSSR count). The van der Waals surface area contributed by atoms with Crippen molar-refractivity contribution >= 4 is 24.0 Å². The molecule has 0 unspecified atom stereocenters. The van der Waals surface area contributed by atoms with Crippen molar-refractivity contribution in [3.63, 3.8) is 0 Å². The van der Waals surface area contributed by atoms with Gasteiger partial charge in [0.05, 0.1) is 0 Å². The number of unbranched alkanes of at least 4 members (excludes halogenated alkanes) is 1. The first-order valence-electron chi connectivity index (χ1n) is 4.75. The summed E-state index contributed by atoms with van der Waals surface area (Å²) in [7, 11) is 0. The van der Waals surface area contributed by atoms with Gasteiger partial charge in [-0.25, -0.2) is 0 Å². The van der Waals surface area contributed by atoms with Crippen LogP contribution in [0.15, 0.2) is 24.3 Å². The van der Waals surface area contributed by atoms with E-state index in [4.69, 9.17) is 17.3 Å². The van der Waals surface area contributed by atoms with Crippen LogP contribution in [-0.2, 0) is 0 Å². The Balaban J connectivity index is 0.00000169. The topological polar surface area (TPSA) is 26.0 Å². The van der Waals surface area contributed by atoms with Gasteiger partial charge in [-0.3, -0.25) is 0 Å². The zero-order valence-corrected chi connectivity index (χ0v) is 9.94. The fourth-order valence-electron chi connectivity index (χ4n) is 1.36. The second kappa shape index (κ2) is 7.10. The standard InChI is InChI=1S/C11H16ClN.ClH/c1-2-3-8-11(13)9-6-4-5-7-10(9)12;/h4-7,11H,2-3,8,13H2,1H3;1H/t11-;/m1./s1. The summed E-state index contributed by atoms with van der Waals surface area (Å²) in [5.74, 6) is 0. The molecule has 14 heavy (non-hydrogen) atoms. The second-order valence-electron chi connectivity index (χ2n) is 3.27. The van der Waals surface area contributed by atoms with Crippen LogP contribution in [0.25, 0.3) is 0 Å². The molecule has 0 fully saturated rings. The molecule has 2 N–H and O–H groups in total. The normalized spacial score (nSPS) is 11.9. The predicted octanol–water partition coefficient (Wildman–Crippen LogP) is 3.95. The first-order chi connectivity index (χ1) is 6.25. The summed E-state index contributed by atoms with van der Waals surface area (Å²) < 4.78 is 0. The third kappa shape index (κ3) is 3.87. The lowest BCUT2D eigenvalue weighted by atomic mass is 10.0. The Bertz CT molecular complexity index is 263. The Hall–Kier alpha value is -0.240. The van der Waals surface area contributed by atoms with Gasteiger partial charge in [-0.2, -0.15) is 0 Å². The molecule has 0 spiro atoms. The first kappa shape index (κ1) is 13.8. The Morgan fingerprint density at radius 3 is 2.57 bits per heavy atom. The smallest absolute Gasteiger partial charge is 0.0453 e. The molecule has 0 aromatic heterocycles. The van der Waals surface area contributed by atoms with Crippen LogP contribution >= 0.6 is 24.0 Å². The summed E-state index contributed by atoms with van der Waals surface area (Å²) >= 11 is 6.02. The Morgan fingerprint density at radius 2 is 2.00 bits per heavy atom. The molecule has 0 amide bonds. The van der Waals surface area contributed by atoms with E-state index in [-0.39, 0.29) is 18.4 Å². The third-order valence-electron chi connectivity index (χ3n) is 2.17. The van der Waals surface area contributed by atoms with Gasteiger partial charge in [-0.1, -0.05) is 49.6 Å². The van der Waals surface area contributed by atoms with E-state index < -0.39 is 0 Å². The molecule has 0 saturated carbocycles. The van der Waals surface area contributed by atoms with Crippen LogP contribution in [0.4, 0.5) is 0 Å². The number of rotatable bonds is 4. The number of hydrogen-bond donors (Lipinski definition) is 1. The molecule has 0 radical (unpaired) electrons. The summed E-state index contributed by atoms with van der Waals surface area (Å²) in [4.78, 5) is 0. The molecule has 1 atom stereocenters. The molecule has 1 nitrogen and oxygen atoms in total. The van der Waals surface area contributed by atoms with Gasteiger partial charge in [-0.15, -0.1) is 12.4 Å². The van der Waals surface area contributed by atoms with Crippen molar-refractivity contribution in [3.05, 3.63) is 34.9 Å². The van der Waals surface area contributed by atoms with Crippen molar-refractivity contribution in [2.24, 2.45) is 5.73 Å². The van der Waals surface area contributed by atoms with Crippen LogP contribution in [0.1, 0.15) is 37.8 Å². The Labute approximate surface area is 97.1 Å². The quantitative estimate of drug-likeness (QED) is 0.838. The highest BCUT2D eigenvalue weighted by molar-refractivity contribution is 6.31. The van der Waals surface area contributed by atoms with Crippen LogP contribution in [0.5, 0.6) is 0 Å². The SMILES string of the molecule is CCCC[C@@H](N)c1ccccc1Cl.Cl. The van der Waals surface area contributed by atoms with E-state index >= 15 is 0 Å². The monoisotopic (exact) mass is 233 g/mol. The summed E-state index contributed by atoms with van der Waals surface area (Å²) in [6, 6.07) is 7.89. The van der Waals surface area contributed by atoms with Gasteiger partial charge in [0.15, 0.2) is 0 Å². The van der Waals surface area contributed by atoms with E-state index in [0.29, 0.717) is 0 Å². The van der Waals surface area contributed by atoms with Gasteiger partial charge in [0, 0.05) is 11.1 Å². The maximum absolute atomic E-state index is 6.02. The Morgan fingerprint density at radius 1 is 1.36 bits per heavy atom. The average Bonchev–Trinajstić information content (AvgIpc) is 2.15. The van der Waals surface area contributed by atoms with Crippen LogP contribution in [0.2, 0.25) is 5.02 Å². The zero-order valence-electron chi connectivity index (χ0n) is 8.37. The summed E-state index contributed by atoms with van der Waals surface area (Å²) in [6.07, 6.45) is 3.35. The summed E-state index contributed by atoms with van der Waals surface area (Å²) in [5, 5.41) is 0.783. The fraction of sp³-hybridized carbons (Fsp3) is 0.455. The molecule has 0 saturated heterocycles. The minimum atomic E-state index is 0. The molecule has 80 valence electrons. The van der Waals surface area contributed by atoms with E-state index in [0.717, 1.165) is 23.4 Å². The zero-order chi connectivity index (χ0) is 9.68. The van der Waals surface area contributed by atoms with Crippen LogP contribution in [-0.4, -0.2) is 0 Å². The first-order valence-corrected chi connectivity index (χ1v) is 5.13. The lowest BCUT2D eigenvalue weighted by Crippen LogP contribution is -2.10. The number of halogens is 2. The summed E-state index contributed by atoms with van der Waals surface area (Å²) in [6.45, 7) is 2.17. The minimum absolute atomic E-state index is 0. The van der Waals surface area contributed by atoms with Gasteiger partial charge in [0.2, 0.25) is 0 Å². The molecule has 0 aliphatic carbocycles. The largest absolute Gasteiger partial charge is 0.324 e. The average molecular weight is 234 g/mol. The molecular weight excluding hydrogens is 217 g/mol. The molecule has 0 aliphatic rings. The lowest BCUT2D eigenvalue weighted by molar-refractivity contribution is 0.603. The van der Waals surface area contributed by atoms with E-state index in [2.05, 4.69) is 6.92 Å². The van der Waals surface area contributed by atoms with Crippen molar-refractivity contribution in [2.45, 2.75) is 32.2 Å². The highest BCUT2D eigenvalue weighted by Crippen LogP contribution is 2.24. The molecule has 1 aromatic rings. The van der Waals surface area contributed by atoms with Gasteiger partial charge in [0.25, 0.3) is 0 Å². The third-order valence-corrected chi connectivity index (χ3v) is 2.52. The van der Waals surface area contributed by atoms with E-state index in [1.165, 1.54) is 6.42 Å². The molecule has 0 aliphatic heterocycles. The fourth-order valence-corrected chi connectivity index (χ4v) is 1.63. The van der Waals surface area contributed by atoms with Crippen molar-refractivity contribution in [3.8, 4) is 0 Å². The predicted molar refractivity (Wildman–Crippen MR) is 65.2 cm³/mol. The minimum Gasteiger partial charge on any atom is -0.324 e. The highest BCUT2D eigenvalue weighted by Gasteiger charge is 2.07. The highest BCUT2D eigenvalue weighted by atomic mass is 35.5. The van der Waals surface area contributed by atoms with Gasteiger partial charge in [-0.05, 0) is 18.1 Å². The molecule has 1 aromatic carbocycles. The number of benzene rings is 1. The maximum Gasteiger partial charge on any atom is 0.0453 e. The lowest BCUT2D eigenvalue weighted by Gasteiger charge is -2.12. The second-order valence-corrected chi connectivity index (χ2v) is 3.68.